The van der Waals surface area contributed by atoms with Crippen molar-refractivity contribution in [1.82, 2.24) is 0 Å². The molecule has 0 saturated carbocycles. The molecule has 0 fully saturated rings. The minimum absolute atomic E-state index is 0.176. The molecule has 1 aliphatic rings. The number of nitrogen functional groups attached to an aromatic ring is 1. The Labute approximate surface area is 77.1 Å². The van der Waals surface area contributed by atoms with Crippen molar-refractivity contribution in [3.05, 3.63) is 17.7 Å². The summed E-state index contributed by atoms with van der Waals surface area (Å²) in [6.07, 6.45) is 0.753. The lowest BCUT2D eigenvalue weighted by molar-refractivity contribution is 0.134. The van der Waals surface area contributed by atoms with Gasteiger partial charge >= 0.3 is 0 Å². The number of phenols is 1. The van der Waals surface area contributed by atoms with Crippen molar-refractivity contribution in [3.8, 4) is 11.5 Å². The fourth-order valence-electron chi connectivity index (χ4n) is 1.67. The van der Waals surface area contributed by atoms with Gasteiger partial charge in [0.05, 0.1) is 0 Å². The van der Waals surface area contributed by atoms with E-state index in [4.69, 9.17) is 10.5 Å². The van der Waals surface area contributed by atoms with E-state index in [-0.39, 0.29) is 11.4 Å². The Morgan fingerprint density at radius 3 is 2.77 bits per heavy atom. The molecule has 0 amide bonds. The Morgan fingerprint density at radius 2 is 2.15 bits per heavy atom. The highest BCUT2D eigenvalue weighted by Crippen LogP contribution is 2.43. The fourth-order valence-corrected chi connectivity index (χ4v) is 1.67. The summed E-state index contributed by atoms with van der Waals surface area (Å²) < 4.78 is 5.58. The molecular formula is C10H13NO2. The first-order valence-corrected chi connectivity index (χ1v) is 4.29. The van der Waals surface area contributed by atoms with E-state index in [0.717, 1.165) is 12.0 Å². The summed E-state index contributed by atoms with van der Waals surface area (Å²) >= 11 is 0. The standard InChI is InChI=1S/C10H13NO2/c1-10(2)5-6-7(11)3-4-8(12)9(6)13-10/h3-4,12H,5,11H2,1-2H3. The van der Waals surface area contributed by atoms with E-state index in [1.54, 1.807) is 12.1 Å². The third-order valence-electron chi connectivity index (χ3n) is 2.26. The maximum atomic E-state index is 9.51. The number of anilines is 1. The second-order valence-corrected chi connectivity index (χ2v) is 4.02. The predicted molar refractivity (Wildman–Crippen MR) is 50.9 cm³/mol. The number of aromatic hydroxyl groups is 1. The topological polar surface area (TPSA) is 55.5 Å². The van der Waals surface area contributed by atoms with Crippen LogP contribution in [0.3, 0.4) is 0 Å². The Kier molecular flexibility index (Phi) is 1.46. The number of rotatable bonds is 0. The second-order valence-electron chi connectivity index (χ2n) is 4.02. The van der Waals surface area contributed by atoms with E-state index in [1.807, 2.05) is 13.8 Å². The molecule has 0 aromatic heterocycles. The first kappa shape index (κ1) is 8.23. The SMILES string of the molecule is CC1(C)Cc2c(N)ccc(O)c2O1. The number of hydrogen-bond acceptors (Lipinski definition) is 3. The summed E-state index contributed by atoms with van der Waals surface area (Å²) in [5.41, 5.74) is 7.13. The maximum Gasteiger partial charge on any atom is 0.167 e. The van der Waals surface area contributed by atoms with E-state index in [9.17, 15) is 5.11 Å². The molecule has 1 aromatic rings. The average molecular weight is 179 g/mol. The first-order chi connectivity index (χ1) is 5.99. The molecule has 1 aliphatic heterocycles. The molecule has 0 bridgehead atoms. The van der Waals surface area contributed by atoms with Crippen LogP contribution in [0.25, 0.3) is 0 Å². The molecule has 3 heteroatoms. The summed E-state index contributed by atoms with van der Waals surface area (Å²) in [4.78, 5) is 0. The highest BCUT2D eigenvalue weighted by atomic mass is 16.5. The van der Waals surface area contributed by atoms with E-state index in [1.165, 1.54) is 0 Å². The Hall–Kier alpha value is -1.38. The molecule has 70 valence electrons. The molecule has 13 heavy (non-hydrogen) atoms. The van der Waals surface area contributed by atoms with Crippen LogP contribution in [0.4, 0.5) is 5.69 Å². The van der Waals surface area contributed by atoms with E-state index >= 15 is 0 Å². The van der Waals surface area contributed by atoms with Gasteiger partial charge in [-0.3, -0.25) is 0 Å². The third-order valence-corrected chi connectivity index (χ3v) is 2.26. The minimum atomic E-state index is -0.255. The van der Waals surface area contributed by atoms with Crippen molar-refractivity contribution in [2.45, 2.75) is 25.9 Å². The Balaban J connectivity index is 2.56. The van der Waals surface area contributed by atoms with Gasteiger partial charge in [0.15, 0.2) is 11.5 Å². The van der Waals surface area contributed by atoms with Crippen LogP contribution in [-0.4, -0.2) is 10.7 Å². The lowest BCUT2D eigenvalue weighted by Crippen LogP contribution is -2.24. The maximum absolute atomic E-state index is 9.51. The van der Waals surface area contributed by atoms with Gasteiger partial charge in [-0.05, 0) is 26.0 Å². The number of fused-ring (bicyclic) bond motifs is 1. The van der Waals surface area contributed by atoms with Crippen LogP contribution in [0, 0.1) is 0 Å². The Bertz CT molecular complexity index is 325. The third kappa shape index (κ3) is 1.20. The van der Waals surface area contributed by atoms with Crippen molar-refractivity contribution in [2.24, 2.45) is 0 Å². The molecule has 0 aliphatic carbocycles. The predicted octanol–water partition coefficient (Wildman–Crippen LogP) is 1.69. The molecule has 1 aromatic carbocycles. The molecule has 0 atom stereocenters. The van der Waals surface area contributed by atoms with Crippen LogP contribution >= 0.6 is 0 Å². The van der Waals surface area contributed by atoms with Gasteiger partial charge in [-0.2, -0.15) is 0 Å². The van der Waals surface area contributed by atoms with E-state index in [2.05, 4.69) is 0 Å². The molecule has 3 N–H and O–H groups in total. The van der Waals surface area contributed by atoms with Crippen LogP contribution < -0.4 is 10.5 Å². The van der Waals surface area contributed by atoms with Crippen LogP contribution in [0.1, 0.15) is 19.4 Å². The summed E-state index contributed by atoms with van der Waals surface area (Å²) in [6.45, 7) is 3.96. The lowest BCUT2D eigenvalue weighted by atomic mass is 10.0. The van der Waals surface area contributed by atoms with Crippen molar-refractivity contribution in [3.63, 3.8) is 0 Å². The normalized spacial score (nSPS) is 18.0. The minimum Gasteiger partial charge on any atom is -0.504 e. The van der Waals surface area contributed by atoms with Crippen molar-refractivity contribution < 1.29 is 9.84 Å². The van der Waals surface area contributed by atoms with Crippen molar-refractivity contribution >= 4 is 5.69 Å². The zero-order valence-electron chi connectivity index (χ0n) is 7.79. The fraction of sp³-hybridized carbons (Fsp3) is 0.400. The number of phenolic OH excluding ortho intramolecular Hbond substituents is 1. The van der Waals surface area contributed by atoms with Gasteiger partial charge in [0.2, 0.25) is 0 Å². The van der Waals surface area contributed by atoms with Crippen molar-refractivity contribution in [1.29, 1.82) is 0 Å². The number of nitrogens with two attached hydrogens (primary N) is 1. The van der Waals surface area contributed by atoms with E-state index < -0.39 is 0 Å². The first-order valence-electron chi connectivity index (χ1n) is 4.29. The number of hydrogen-bond donors (Lipinski definition) is 2. The molecule has 2 rings (SSSR count). The monoisotopic (exact) mass is 179 g/mol. The van der Waals surface area contributed by atoms with Gasteiger partial charge in [-0.1, -0.05) is 0 Å². The quantitative estimate of drug-likeness (QED) is 0.470. The van der Waals surface area contributed by atoms with Gasteiger partial charge in [0, 0.05) is 17.7 Å². The summed E-state index contributed by atoms with van der Waals surface area (Å²) in [5.74, 6) is 0.722. The Morgan fingerprint density at radius 1 is 1.46 bits per heavy atom. The number of ether oxygens (including phenoxy) is 1. The lowest BCUT2D eigenvalue weighted by Gasteiger charge is -2.16. The zero-order chi connectivity index (χ0) is 9.64. The summed E-state index contributed by atoms with van der Waals surface area (Å²) in [7, 11) is 0. The van der Waals surface area contributed by atoms with Gasteiger partial charge in [0.1, 0.15) is 5.60 Å². The average Bonchev–Trinajstić information content (AvgIpc) is 2.35. The van der Waals surface area contributed by atoms with Crippen LogP contribution in [0.5, 0.6) is 11.5 Å². The van der Waals surface area contributed by atoms with Gasteiger partial charge in [-0.25, -0.2) is 0 Å². The smallest absolute Gasteiger partial charge is 0.167 e. The molecular weight excluding hydrogens is 166 g/mol. The molecule has 0 saturated heterocycles. The summed E-state index contributed by atoms with van der Waals surface area (Å²) in [5, 5.41) is 9.51. The van der Waals surface area contributed by atoms with Crippen LogP contribution in [-0.2, 0) is 6.42 Å². The molecule has 1 heterocycles. The second kappa shape index (κ2) is 2.31. The largest absolute Gasteiger partial charge is 0.504 e. The van der Waals surface area contributed by atoms with Crippen LogP contribution in [0.15, 0.2) is 12.1 Å². The highest BCUT2D eigenvalue weighted by Gasteiger charge is 2.33. The van der Waals surface area contributed by atoms with Gasteiger partial charge in [-0.15, -0.1) is 0 Å². The van der Waals surface area contributed by atoms with Crippen LogP contribution in [0.2, 0.25) is 0 Å². The molecule has 0 radical (unpaired) electrons. The van der Waals surface area contributed by atoms with Gasteiger partial charge in [0.25, 0.3) is 0 Å². The van der Waals surface area contributed by atoms with Gasteiger partial charge < -0.3 is 15.6 Å². The molecule has 0 spiro atoms. The summed E-state index contributed by atoms with van der Waals surface area (Å²) in [6, 6.07) is 3.27. The molecule has 3 nitrogen and oxygen atoms in total. The molecule has 0 unspecified atom stereocenters. The highest BCUT2D eigenvalue weighted by molar-refractivity contribution is 5.62. The zero-order valence-corrected chi connectivity index (χ0v) is 7.79. The van der Waals surface area contributed by atoms with E-state index in [0.29, 0.717) is 11.4 Å². The number of benzene rings is 1. The van der Waals surface area contributed by atoms with Crippen molar-refractivity contribution in [2.75, 3.05) is 5.73 Å².